The molecule has 106 valence electrons. The van der Waals surface area contributed by atoms with Crippen LogP contribution in [-0.2, 0) is 0 Å². The molecular weight excluding hydrogens is 255 g/mol. The van der Waals surface area contributed by atoms with Gasteiger partial charge in [-0.15, -0.1) is 0 Å². The zero-order chi connectivity index (χ0) is 14.5. The van der Waals surface area contributed by atoms with Crippen LogP contribution in [0.1, 0.15) is 29.7 Å². The van der Waals surface area contributed by atoms with Crippen LogP contribution in [0.15, 0.2) is 42.5 Å². The van der Waals surface area contributed by atoms with Crippen molar-refractivity contribution in [2.24, 2.45) is 5.84 Å². The summed E-state index contributed by atoms with van der Waals surface area (Å²) in [6.07, 6.45) is 0. The van der Waals surface area contributed by atoms with Crippen LogP contribution in [0.2, 0.25) is 0 Å². The van der Waals surface area contributed by atoms with Crippen LogP contribution in [0, 0.1) is 12.7 Å². The third-order valence-corrected chi connectivity index (χ3v) is 3.22. The number of rotatable bonds is 5. The molecule has 0 heterocycles. The van der Waals surface area contributed by atoms with Crippen molar-refractivity contribution in [3.8, 4) is 5.75 Å². The second-order valence-electron chi connectivity index (χ2n) is 4.61. The highest BCUT2D eigenvalue weighted by atomic mass is 19.1. The number of benzene rings is 2. The first-order chi connectivity index (χ1) is 9.65. The van der Waals surface area contributed by atoms with E-state index in [0.29, 0.717) is 6.61 Å². The monoisotopic (exact) mass is 274 g/mol. The lowest BCUT2D eigenvalue weighted by molar-refractivity contribution is 0.339. The van der Waals surface area contributed by atoms with Crippen molar-refractivity contribution in [3.05, 3.63) is 65.0 Å². The highest BCUT2D eigenvalue weighted by Crippen LogP contribution is 2.27. The third kappa shape index (κ3) is 3.15. The highest BCUT2D eigenvalue weighted by Gasteiger charge is 2.16. The summed E-state index contributed by atoms with van der Waals surface area (Å²) in [5, 5.41) is 0. The van der Waals surface area contributed by atoms with Crippen molar-refractivity contribution in [1.82, 2.24) is 5.43 Å². The molecule has 4 heteroatoms. The molecule has 2 aromatic carbocycles. The molecule has 0 spiro atoms. The molecule has 0 aromatic heterocycles. The number of nitrogens with one attached hydrogen (secondary N) is 1. The third-order valence-electron chi connectivity index (χ3n) is 3.22. The van der Waals surface area contributed by atoms with Gasteiger partial charge in [-0.05, 0) is 54.8 Å². The topological polar surface area (TPSA) is 47.3 Å². The molecule has 0 amide bonds. The minimum atomic E-state index is -0.272. The number of halogens is 1. The molecule has 0 saturated heterocycles. The number of ether oxygens (including phenoxy) is 1. The SMILES string of the molecule is CCOc1cccc(C(NN)c2cc(F)ccc2C)c1. The van der Waals surface area contributed by atoms with E-state index in [4.69, 9.17) is 10.6 Å². The van der Waals surface area contributed by atoms with Crippen LogP contribution < -0.4 is 16.0 Å². The van der Waals surface area contributed by atoms with E-state index in [9.17, 15) is 4.39 Å². The zero-order valence-corrected chi connectivity index (χ0v) is 11.7. The molecular formula is C16H19FN2O. The minimum Gasteiger partial charge on any atom is -0.494 e. The Kier molecular flexibility index (Phi) is 4.71. The molecule has 2 aromatic rings. The van der Waals surface area contributed by atoms with Gasteiger partial charge < -0.3 is 4.74 Å². The Morgan fingerprint density at radius 3 is 2.75 bits per heavy atom. The smallest absolute Gasteiger partial charge is 0.123 e. The molecule has 0 aliphatic rings. The lowest BCUT2D eigenvalue weighted by Gasteiger charge is -2.20. The van der Waals surface area contributed by atoms with E-state index < -0.39 is 0 Å². The van der Waals surface area contributed by atoms with Gasteiger partial charge in [0.05, 0.1) is 12.6 Å². The Bertz CT molecular complexity index is 586. The van der Waals surface area contributed by atoms with Crippen molar-refractivity contribution in [1.29, 1.82) is 0 Å². The molecule has 2 rings (SSSR count). The average molecular weight is 274 g/mol. The number of hydrazine groups is 1. The number of nitrogens with two attached hydrogens (primary N) is 1. The van der Waals surface area contributed by atoms with Gasteiger partial charge in [-0.2, -0.15) is 0 Å². The summed E-state index contributed by atoms with van der Waals surface area (Å²) in [7, 11) is 0. The fourth-order valence-electron chi connectivity index (χ4n) is 2.24. The summed E-state index contributed by atoms with van der Waals surface area (Å²) in [5.41, 5.74) is 5.49. The molecule has 0 radical (unpaired) electrons. The summed E-state index contributed by atoms with van der Waals surface area (Å²) < 4.78 is 19.0. The van der Waals surface area contributed by atoms with E-state index in [1.165, 1.54) is 12.1 Å². The van der Waals surface area contributed by atoms with Gasteiger partial charge >= 0.3 is 0 Å². The van der Waals surface area contributed by atoms with Crippen LogP contribution in [0.5, 0.6) is 5.75 Å². The first kappa shape index (κ1) is 14.5. The van der Waals surface area contributed by atoms with Crippen molar-refractivity contribution < 1.29 is 9.13 Å². The van der Waals surface area contributed by atoms with Gasteiger partial charge in [0.25, 0.3) is 0 Å². The molecule has 1 atom stereocenters. The molecule has 0 aliphatic heterocycles. The first-order valence-electron chi connectivity index (χ1n) is 6.60. The Hall–Kier alpha value is -1.91. The van der Waals surface area contributed by atoms with E-state index in [1.807, 2.05) is 38.1 Å². The lowest BCUT2D eigenvalue weighted by Crippen LogP contribution is -2.29. The lowest BCUT2D eigenvalue weighted by atomic mass is 9.95. The maximum Gasteiger partial charge on any atom is 0.123 e. The van der Waals surface area contributed by atoms with Crippen molar-refractivity contribution >= 4 is 0 Å². The van der Waals surface area contributed by atoms with Crippen LogP contribution in [0.4, 0.5) is 4.39 Å². The summed E-state index contributed by atoms with van der Waals surface area (Å²) in [6, 6.07) is 12.1. The largest absolute Gasteiger partial charge is 0.494 e. The van der Waals surface area contributed by atoms with Crippen LogP contribution in [0.25, 0.3) is 0 Å². The highest BCUT2D eigenvalue weighted by molar-refractivity contribution is 5.40. The Balaban J connectivity index is 2.41. The van der Waals surface area contributed by atoms with Crippen molar-refractivity contribution in [3.63, 3.8) is 0 Å². The molecule has 0 saturated carbocycles. The molecule has 3 N–H and O–H groups in total. The summed E-state index contributed by atoms with van der Waals surface area (Å²) in [6.45, 7) is 4.47. The quantitative estimate of drug-likeness (QED) is 0.650. The molecule has 0 fully saturated rings. The van der Waals surface area contributed by atoms with Gasteiger partial charge in [0.2, 0.25) is 0 Å². The predicted molar refractivity (Wildman–Crippen MR) is 77.9 cm³/mol. The summed E-state index contributed by atoms with van der Waals surface area (Å²) in [5.74, 6) is 6.17. The van der Waals surface area contributed by atoms with Crippen molar-refractivity contribution in [2.75, 3.05) is 6.61 Å². The van der Waals surface area contributed by atoms with E-state index in [2.05, 4.69) is 5.43 Å². The second-order valence-corrected chi connectivity index (χ2v) is 4.61. The van der Waals surface area contributed by atoms with Gasteiger partial charge in [-0.3, -0.25) is 5.84 Å². The van der Waals surface area contributed by atoms with E-state index in [0.717, 1.165) is 22.4 Å². The van der Waals surface area contributed by atoms with Gasteiger partial charge in [-0.1, -0.05) is 18.2 Å². The van der Waals surface area contributed by atoms with Crippen LogP contribution in [-0.4, -0.2) is 6.61 Å². The molecule has 20 heavy (non-hydrogen) atoms. The zero-order valence-electron chi connectivity index (χ0n) is 11.7. The molecule has 0 bridgehead atoms. The van der Waals surface area contributed by atoms with Gasteiger partial charge in [0.15, 0.2) is 0 Å². The normalized spacial score (nSPS) is 12.2. The number of hydrogen-bond donors (Lipinski definition) is 2. The van der Waals surface area contributed by atoms with Gasteiger partial charge in [0, 0.05) is 0 Å². The Morgan fingerprint density at radius 1 is 1.25 bits per heavy atom. The fourth-order valence-corrected chi connectivity index (χ4v) is 2.24. The standard InChI is InChI=1S/C16H19FN2O/c1-3-20-14-6-4-5-12(9-14)16(19-18)15-10-13(17)8-7-11(15)2/h4-10,16,19H,3,18H2,1-2H3. The van der Waals surface area contributed by atoms with E-state index in [-0.39, 0.29) is 11.9 Å². The number of aryl methyl sites for hydroxylation is 1. The molecule has 0 aliphatic carbocycles. The van der Waals surface area contributed by atoms with Crippen molar-refractivity contribution in [2.45, 2.75) is 19.9 Å². The maximum atomic E-state index is 13.5. The number of hydrogen-bond acceptors (Lipinski definition) is 3. The van der Waals surface area contributed by atoms with Gasteiger partial charge in [0.1, 0.15) is 11.6 Å². The first-order valence-corrected chi connectivity index (χ1v) is 6.60. The Labute approximate surface area is 118 Å². The molecule has 3 nitrogen and oxygen atoms in total. The fraction of sp³-hybridized carbons (Fsp3) is 0.250. The van der Waals surface area contributed by atoms with Crippen LogP contribution >= 0.6 is 0 Å². The summed E-state index contributed by atoms with van der Waals surface area (Å²) in [4.78, 5) is 0. The van der Waals surface area contributed by atoms with Gasteiger partial charge in [-0.25, -0.2) is 9.82 Å². The minimum absolute atomic E-state index is 0.271. The van der Waals surface area contributed by atoms with E-state index in [1.54, 1.807) is 6.07 Å². The Morgan fingerprint density at radius 2 is 2.05 bits per heavy atom. The molecule has 1 unspecified atom stereocenters. The van der Waals surface area contributed by atoms with E-state index >= 15 is 0 Å². The van der Waals surface area contributed by atoms with Crippen LogP contribution in [0.3, 0.4) is 0 Å². The second kappa shape index (κ2) is 6.50. The average Bonchev–Trinajstić information content (AvgIpc) is 2.44. The maximum absolute atomic E-state index is 13.5. The summed E-state index contributed by atoms with van der Waals surface area (Å²) >= 11 is 0. The predicted octanol–water partition coefficient (Wildman–Crippen LogP) is 3.09.